The van der Waals surface area contributed by atoms with Gasteiger partial charge in [0.1, 0.15) is 0 Å². The van der Waals surface area contributed by atoms with Gasteiger partial charge in [-0.25, -0.2) is 4.39 Å². The first kappa shape index (κ1) is 14.7. The number of hydrogen-bond acceptors (Lipinski definition) is 2. The van der Waals surface area contributed by atoms with Crippen LogP contribution in [0.25, 0.3) is 0 Å². The molecule has 1 heterocycles. The molecule has 0 saturated heterocycles. The van der Waals surface area contributed by atoms with E-state index in [1.54, 1.807) is 6.07 Å². The van der Waals surface area contributed by atoms with E-state index >= 15 is 0 Å². The molecule has 108 valence electrons. The van der Waals surface area contributed by atoms with Crippen LogP contribution < -0.4 is 5.32 Å². The predicted molar refractivity (Wildman–Crippen MR) is 84.2 cm³/mol. The van der Waals surface area contributed by atoms with Crippen molar-refractivity contribution in [2.75, 3.05) is 0 Å². The van der Waals surface area contributed by atoms with Crippen molar-refractivity contribution in [1.29, 1.82) is 0 Å². The Morgan fingerprint density at radius 1 is 1.24 bits per heavy atom. The molecular formula is C16H12BrClFNO. The maximum absolute atomic E-state index is 14.2. The molecule has 5 heteroatoms. The summed E-state index contributed by atoms with van der Waals surface area (Å²) in [7, 11) is 0. The molecule has 0 fully saturated rings. The van der Waals surface area contributed by atoms with Gasteiger partial charge >= 0.3 is 0 Å². The lowest BCUT2D eigenvalue weighted by Crippen LogP contribution is -2.42. The molecule has 1 aliphatic heterocycles. The summed E-state index contributed by atoms with van der Waals surface area (Å²) in [5.41, 5.74) is 2.33. The van der Waals surface area contributed by atoms with Crippen LogP contribution in [-0.2, 0) is 13.0 Å². The van der Waals surface area contributed by atoms with E-state index in [1.807, 2.05) is 24.3 Å². The van der Waals surface area contributed by atoms with Gasteiger partial charge in [-0.1, -0.05) is 35.9 Å². The molecule has 1 N–H and O–H groups in total. The molecule has 0 radical (unpaired) electrons. The summed E-state index contributed by atoms with van der Waals surface area (Å²) in [5.74, 6) is -0.937. The van der Waals surface area contributed by atoms with E-state index in [0.29, 0.717) is 17.4 Å². The molecule has 0 amide bonds. The number of benzene rings is 2. The van der Waals surface area contributed by atoms with Crippen molar-refractivity contribution >= 4 is 33.3 Å². The van der Waals surface area contributed by atoms with Gasteiger partial charge in [-0.3, -0.25) is 4.79 Å². The van der Waals surface area contributed by atoms with E-state index in [1.165, 1.54) is 11.6 Å². The maximum atomic E-state index is 14.2. The lowest BCUT2D eigenvalue weighted by molar-refractivity contribution is 0.0934. The highest BCUT2D eigenvalue weighted by molar-refractivity contribution is 9.10. The van der Waals surface area contributed by atoms with Gasteiger partial charge in [0.05, 0.1) is 16.6 Å². The first-order valence-corrected chi connectivity index (χ1v) is 7.73. The molecule has 0 spiro atoms. The largest absolute Gasteiger partial charge is 0.303 e. The Labute approximate surface area is 135 Å². The molecule has 0 aliphatic carbocycles. The summed E-state index contributed by atoms with van der Waals surface area (Å²) >= 11 is 9.00. The summed E-state index contributed by atoms with van der Waals surface area (Å²) in [6.07, 6.45) is 0.558. The highest BCUT2D eigenvalue weighted by Crippen LogP contribution is 2.29. The number of rotatable bonds is 2. The Hall–Kier alpha value is -1.23. The number of nitrogens with one attached hydrogen (secondary N) is 1. The van der Waals surface area contributed by atoms with Crippen LogP contribution in [0.4, 0.5) is 4.39 Å². The zero-order chi connectivity index (χ0) is 15.0. The van der Waals surface area contributed by atoms with Gasteiger partial charge in [0.25, 0.3) is 0 Å². The Kier molecular flexibility index (Phi) is 4.11. The van der Waals surface area contributed by atoms with Crippen molar-refractivity contribution in [3.05, 3.63) is 68.4 Å². The lowest BCUT2D eigenvalue weighted by Gasteiger charge is -2.25. The number of Topliss-reactive ketones (excluding diaryl/α,β-unsaturated/α-hetero) is 1. The average molecular weight is 369 g/mol. The van der Waals surface area contributed by atoms with Crippen molar-refractivity contribution in [1.82, 2.24) is 5.32 Å². The van der Waals surface area contributed by atoms with Crippen molar-refractivity contribution in [3.63, 3.8) is 0 Å². The summed E-state index contributed by atoms with van der Waals surface area (Å²) in [6.45, 7) is 0.610. The minimum atomic E-state index is -0.670. The SMILES string of the molecule is O=C(c1ccc(Br)c(Cl)c1F)C1Cc2ccccc2CN1. The Morgan fingerprint density at radius 2 is 1.95 bits per heavy atom. The van der Waals surface area contributed by atoms with Gasteiger partial charge in [-0.2, -0.15) is 0 Å². The summed E-state index contributed by atoms with van der Waals surface area (Å²) in [6, 6.07) is 10.6. The highest BCUT2D eigenvalue weighted by atomic mass is 79.9. The molecule has 0 bridgehead atoms. The monoisotopic (exact) mass is 367 g/mol. The molecule has 0 saturated carbocycles. The molecule has 1 aliphatic rings. The molecule has 0 aromatic heterocycles. The normalized spacial score (nSPS) is 17.4. The van der Waals surface area contributed by atoms with Crippen LogP contribution in [-0.4, -0.2) is 11.8 Å². The number of ketones is 1. The van der Waals surface area contributed by atoms with Gasteiger partial charge in [0.15, 0.2) is 11.6 Å². The van der Waals surface area contributed by atoms with E-state index in [0.717, 1.165) is 5.56 Å². The first-order chi connectivity index (χ1) is 10.1. The van der Waals surface area contributed by atoms with Crippen LogP contribution in [0.5, 0.6) is 0 Å². The number of carbonyl (C=O) groups is 1. The Balaban J connectivity index is 1.89. The second-order valence-corrected chi connectivity index (χ2v) is 6.23. The summed E-state index contributed by atoms with van der Waals surface area (Å²) in [5, 5.41) is 3.11. The third-order valence-corrected chi connectivity index (χ3v) is 4.96. The van der Waals surface area contributed by atoms with Crippen molar-refractivity contribution < 1.29 is 9.18 Å². The quantitative estimate of drug-likeness (QED) is 0.637. The number of halogens is 3. The van der Waals surface area contributed by atoms with Crippen LogP contribution in [0.3, 0.4) is 0 Å². The van der Waals surface area contributed by atoms with E-state index in [9.17, 15) is 9.18 Å². The van der Waals surface area contributed by atoms with E-state index in [-0.39, 0.29) is 16.4 Å². The van der Waals surface area contributed by atoms with Gasteiger partial charge < -0.3 is 5.32 Å². The zero-order valence-electron chi connectivity index (χ0n) is 11.0. The summed E-state index contributed by atoms with van der Waals surface area (Å²) in [4.78, 5) is 12.5. The molecule has 3 rings (SSSR count). The van der Waals surface area contributed by atoms with Crippen molar-refractivity contribution in [2.45, 2.75) is 19.0 Å². The molecule has 2 nitrogen and oxygen atoms in total. The Bertz CT molecular complexity index is 719. The van der Waals surface area contributed by atoms with Gasteiger partial charge in [-0.05, 0) is 45.6 Å². The second kappa shape index (κ2) is 5.87. The average Bonchev–Trinajstić information content (AvgIpc) is 2.52. The van der Waals surface area contributed by atoms with Crippen LogP contribution >= 0.6 is 27.5 Å². The van der Waals surface area contributed by atoms with E-state index in [4.69, 9.17) is 11.6 Å². The van der Waals surface area contributed by atoms with Crippen LogP contribution in [0.15, 0.2) is 40.9 Å². The smallest absolute Gasteiger partial charge is 0.183 e. The molecular weight excluding hydrogens is 357 g/mol. The fourth-order valence-corrected chi connectivity index (χ4v) is 3.01. The van der Waals surface area contributed by atoms with E-state index < -0.39 is 11.9 Å². The fraction of sp³-hybridized carbons (Fsp3) is 0.188. The molecule has 2 aromatic carbocycles. The third-order valence-electron chi connectivity index (χ3n) is 3.70. The van der Waals surface area contributed by atoms with E-state index in [2.05, 4.69) is 21.2 Å². The zero-order valence-corrected chi connectivity index (χ0v) is 13.3. The molecule has 1 unspecified atom stereocenters. The Morgan fingerprint density at radius 3 is 2.71 bits per heavy atom. The molecule has 21 heavy (non-hydrogen) atoms. The van der Waals surface area contributed by atoms with Crippen LogP contribution in [0.2, 0.25) is 5.02 Å². The standard InChI is InChI=1S/C16H12BrClFNO/c17-12-6-5-11(15(19)14(12)18)16(21)13-7-9-3-1-2-4-10(9)8-20-13/h1-6,13,20H,7-8H2. The van der Waals surface area contributed by atoms with Crippen molar-refractivity contribution in [2.24, 2.45) is 0 Å². The molecule has 2 aromatic rings. The maximum Gasteiger partial charge on any atom is 0.183 e. The van der Waals surface area contributed by atoms with Crippen LogP contribution in [0, 0.1) is 5.82 Å². The predicted octanol–water partition coefficient (Wildman–Crippen LogP) is 4.14. The van der Waals surface area contributed by atoms with Crippen LogP contribution in [0.1, 0.15) is 21.5 Å². The second-order valence-electron chi connectivity index (χ2n) is 4.99. The topological polar surface area (TPSA) is 29.1 Å². The number of fused-ring (bicyclic) bond motifs is 1. The van der Waals surface area contributed by atoms with Gasteiger partial charge in [0.2, 0.25) is 0 Å². The highest BCUT2D eigenvalue weighted by Gasteiger charge is 2.27. The van der Waals surface area contributed by atoms with Gasteiger partial charge in [0, 0.05) is 11.0 Å². The fourth-order valence-electron chi connectivity index (χ4n) is 2.54. The minimum Gasteiger partial charge on any atom is -0.303 e. The van der Waals surface area contributed by atoms with Crippen molar-refractivity contribution in [3.8, 4) is 0 Å². The number of carbonyl (C=O) groups excluding carboxylic acids is 1. The lowest BCUT2D eigenvalue weighted by atomic mass is 9.91. The third kappa shape index (κ3) is 2.76. The van der Waals surface area contributed by atoms with Gasteiger partial charge in [-0.15, -0.1) is 0 Å². The molecule has 1 atom stereocenters. The first-order valence-electron chi connectivity index (χ1n) is 6.56. The minimum absolute atomic E-state index is 0.0279. The summed E-state index contributed by atoms with van der Waals surface area (Å²) < 4.78 is 14.6. The number of hydrogen-bond donors (Lipinski definition) is 1.